The lowest BCUT2D eigenvalue weighted by Crippen LogP contribution is -2.20. The summed E-state index contributed by atoms with van der Waals surface area (Å²) in [5.41, 5.74) is 5.79. The molecule has 0 saturated carbocycles. The highest BCUT2D eigenvalue weighted by Crippen LogP contribution is 2.23. The van der Waals surface area contributed by atoms with Crippen LogP contribution in [0.3, 0.4) is 0 Å². The molecule has 0 aliphatic heterocycles. The number of ether oxygens (including phenoxy) is 2. The normalized spacial score (nSPS) is 11.7. The molecule has 0 aromatic heterocycles. The van der Waals surface area contributed by atoms with Crippen LogP contribution in [0.4, 0.5) is 0 Å². The SMILES string of the molecule is C=C(NOCc1ccccc1C(OC)C(=O)OCC)c1ccc(Cl)cc1. The van der Waals surface area contributed by atoms with Crippen LogP contribution in [0.1, 0.15) is 29.7 Å². The van der Waals surface area contributed by atoms with Gasteiger partial charge in [0.1, 0.15) is 6.61 Å². The zero-order valence-corrected chi connectivity index (χ0v) is 15.6. The number of esters is 1. The molecule has 2 aromatic rings. The zero-order chi connectivity index (χ0) is 18.9. The van der Waals surface area contributed by atoms with Crippen LogP contribution in [0.2, 0.25) is 5.02 Å². The Morgan fingerprint density at radius 3 is 2.54 bits per heavy atom. The van der Waals surface area contributed by atoms with E-state index in [1.54, 1.807) is 19.1 Å². The molecule has 138 valence electrons. The number of benzene rings is 2. The van der Waals surface area contributed by atoms with E-state index in [4.69, 9.17) is 25.9 Å². The number of carbonyl (C=O) groups is 1. The molecule has 0 bridgehead atoms. The Hall–Kier alpha value is -2.34. The highest BCUT2D eigenvalue weighted by molar-refractivity contribution is 6.30. The number of rotatable bonds is 9. The van der Waals surface area contributed by atoms with E-state index in [1.165, 1.54) is 7.11 Å². The second-order valence-electron chi connectivity index (χ2n) is 5.44. The molecule has 0 radical (unpaired) electrons. The van der Waals surface area contributed by atoms with Gasteiger partial charge in [0.15, 0.2) is 6.10 Å². The molecule has 0 amide bonds. The van der Waals surface area contributed by atoms with Crippen molar-refractivity contribution in [3.63, 3.8) is 0 Å². The maximum Gasteiger partial charge on any atom is 0.339 e. The van der Waals surface area contributed by atoms with E-state index in [0.717, 1.165) is 11.1 Å². The first-order valence-electron chi connectivity index (χ1n) is 8.16. The van der Waals surface area contributed by atoms with E-state index in [2.05, 4.69) is 12.1 Å². The molecule has 0 aliphatic rings. The highest BCUT2D eigenvalue weighted by atomic mass is 35.5. The number of nitrogens with one attached hydrogen (secondary N) is 1. The Morgan fingerprint density at radius 1 is 1.19 bits per heavy atom. The summed E-state index contributed by atoms with van der Waals surface area (Å²) in [4.78, 5) is 17.6. The summed E-state index contributed by atoms with van der Waals surface area (Å²) in [6.07, 6.45) is -0.797. The van der Waals surface area contributed by atoms with E-state index in [0.29, 0.717) is 22.9 Å². The molecule has 0 aliphatic carbocycles. The lowest BCUT2D eigenvalue weighted by atomic mass is 10.0. The second-order valence-corrected chi connectivity index (χ2v) is 5.88. The largest absolute Gasteiger partial charge is 0.464 e. The number of hydrogen-bond donors (Lipinski definition) is 1. The first kappa shape index (κ1) is 20.0. The fourth-order valence-electron chi connectivity index (χ4n) is 2.40. The minimum atomic E-state index is -0.797. The molecule has 2 rings (SSSR count). The third-order valence-corrected chi connectivity index (χ3v) is 3.94. The number of hydroxylamine groups is 1. The molecule has 5 nitrogen and oxygen atoms in total. The summed E-state index contributed by atoms with van der Waals surface area (Å²) >= 11 is 5.88. The van der Waals surface area contributed by atoms with Gasteiger partial charge < -0.3 is 9.47 Å². The Labute approximate surface area is 158 Å². The van der Waals surface area contributed by atoms with Crippen molar-refractivity contribution < 1.29 is 19.1 Å². The number of hydrogen-bond acceptors (Lipinski definition) is 5. The fourth-order valence-corrected chi connectivity index (χ4v) is 2.53. The third-order valence-electron chi connectivity index (χ3n) is 3.69. The summed E-state index contributed by atoms with van der Waals surface area (Å²) in [5.74, 6) is -0.430. The summed E-state index contributed by atoms with van der Waals surface area (Å²) in [7, 11) is 1.47. The van der Waals surface area contributed by atoms with Crippen molar-refractivity contribution >= 4 is 23.3 Å². The predicted octanol–water partition coefficient (Wildman–Crippen LogP) is 4.28. The molecular weight excluding hydrogens is 354 g/mol. The van der Waals surface area contributed by atoms with Gasteiger partial charge in [-0.2, -0.15) is 0 Å². The van der Waals surface area contributed by atoms with Gasteiger partial charge in [-0.1, -0.05) is 54.6 Å². The molecule has 0 spiro atoms. The topological polar surface area (TPSA) is 56.8 Å². The van der Waals surface area contributed by atoms with E-state index in [-0.39, 0.29) is 6.61 Å². The third kappa shape index (κ3) is 5.33. The van der Waals surface area contributed by atoms with Crippen molar-refractivity contribution in [1.82, 2.24) is 5.48 Å². The number of methoxy groups -OCH3 is 1. The first-order chi connectivity index (χ1) is 12.6. The van der Waals surface area contributed by atoms with E-state index >= 15 is 0 Å². The van der Waals surface area contributed by atoms with Gasteiger partial charge in [0.2, 0.25) is 0 Å². The highest BCUT2D eigenvalue weighted by Gasteiger charge is 2.24. The van der Waals surface area contributed by atoms with Gasteiger partial charge in [-0.3, -0.25) is 10.3 Å². The Bertz CT molecular complexity index is 746. The molecule has 2 aromatic carbocycles. The standard InChI is InChI=1S/C20H22ClNO4/c1-4-25-20(23)19(24-3)18-8-6-5-7-16(18)13-26-22-14(2)15-9-11-17(21)12-10-15/h5-12,19,22H,2,4,13H2,1,3H3. The van der Waals surface area contributed by atoms with Gasteiger partial charge in [-0.15, -0.1) is 0 Å². The molecule has 26 heavy (non-hydrogen) atoms. The summed E-state index contributed by atoms with van der Waals surface area (Å²) in [6.45, 7) is 6.21. The maximum absolute atomic E-state index is 12.1. The monoisotopic (exact) mass is 375 g/mol. The summed E-state index contributed by atoms with van der Waals surface area (Å²) in [5, 5.41) is 0.654. The van der Waals surface area contributed by atoms with Crippen LogP contribution in [-0.2, 0) is 25.7 Å². The van der Waals surface area contributed by atoms with Gasteiger partial charge in [0.25, 0.3) is 0 Å². The van der Waals surface area contributed by atoms with Crippen molar-refractivity contribution in [2.75, 3.05) is 13.7 Å². The van der Waals surface area contributed by atoms with Crippen LogP contribution < -0.4 is 5.48 Å². The Balaban J connectivity index is 2.02. The van der Waals surface area contributed by atoms with Gasteiger partial charge in [0.05, 0.1) is 12.3 Å². The maximum atomic E-state index is 12.1. The van der Waals surface area contributed by atoms with Crippen LogP contribution in [0.15, 0.2) is 55.1 Å². The van der Waals surface area contributed by atoms with Crippen molar-refractivity contribution in [3.05, 3.63) is 76.8 Å². The van der Waals surface area contributed by atoms with Gasteiger partial charge in [-0.05, 0) is 35.7 Å². The lowest BCUT2D eigenvalue weighted by Gasteiger charge is -2.18. The molecule has 1 unspecified atom stereocenters. The number of halogens is 1. The molecule has 0 heterocycles. The van der Waals surface area contributed by atoms with E-state index < -0.39 is 12.1 Å². The molecule has 1 atom stereocenters. The average molecular weight is 376 g/mol. The van der Waals surface area contributed by atoms with Crippen LogP contribution in [0.5, 0.6) is 0 Å². The Morgan fingerprint density at radius 2 is 1.88 bits per heavy atom. The van der Waals surface area contributed by atoms with E-state index in [1.807, 2.05) is 36.4 Å². The molecule has 0 saturated heterocycles. The van der Waals surface area contributed by atoms with Gasteiger partial charge >= 0.3 is 5.97 Å². The van der Waals surface area contributed by atoms with Crippen LogP contribution in [-0.4, -0.2) is 19.7 Å². The summed E-state index contributed by atoms with van der Waals surface area (Å²) in [6, 6.07) is 14.6. The van der Waals surface area contributed by atoms with E-state index in [9.17, 15) is 4.79 Å². The van der Waals surface area contributed by atoms with Crippen molar-refractivity contribution in [3.8, 4) is 0 Å². The minimum absolute atomic E-state index is 0.224. The van der Waals surface area contributed by atoms with Crippen LogP contribution >= 0.6 is 11.6 Å². The van der Waals surface area contributed by atoms with Gasteiger partial charge in [0, 0.05) is 12.1 Å². The number of carbonyl (C=O) groups excluding carboxylic acids is 1. The van der Waals surface area contributed by atoms with Crippen molar-refractivity contribution in [2.45, 2.75) is 19.6 Å². The second kappa shape index (κ2) is 9.97. The average Bonchev–Trinajstić information content (AvgIpc) is 2.64. The minimum Gasteiger partial charge on any atom is -0.464 e. The molecule has 0 fully saturated rings. The molecular formula is C20H22ClNO4. The zero-order valence-electron chi connectivity index (χ0n) is 14.8. The van der Waals surface area contributed by atoms with Crippen molar-refractivity contribution in [1.29, 1.82) is 0 Å². The van der Waals surface area contributed by atoms with Crippen LogP contribution in [0, 0.1) is 0 Å². The molecule has 1 N–H and O–H groups in total. The quantitative estimate of drug-likeness (QED) is 0.523. The fraction of sp³-hybridized carbons (Fsp3) is 0.250. The smallest absolute Gasteiger partial charge is 0.339 e. The lowest BCUT2D eigenvalue weighted by molar-refractivity contribution is -0.155. The van der Waals surface area contributed by atoms with Crippen molar-refractivity contribution in [2.24, 2.45) is 0 Å². The molecule has 6 heteroatoms. The van der Waals surface area contributed by atoms with Gasteiger partial charge in [-0.25, -0.2) is 4.79 Å². The first-order valence-corrected chi connectivity index (χ1v) is 8.54. The Kier molecular flexibility index (Phi) is 7.66. The predicted molar refractivity (Wildman–Crippen MR) is 101 cm³/mol. The summed E-state index contributed by atoms with van der Waals surface area (Å²) < 4.78 is 10.4. The van der Waals surface area contributed by atoms with Crippen LogP contribution in [0.25, 0.3) is 5.70 Å².